The zero-order valence-electron chi connectivity index (χ0n) is 16.9. The monoisotopic (exact) mass is 410 g/mol. The topological polar surface area (TPSA) is 79.2 Å². The highest BCUT2D eigenvalue weighted by molar-refractivity contribution is 5.94. The van der Waals surface area contributed by atoms with E-state index < -0.39 is 4.92 Å². The molecule has 4 rings (SSSR count). The van der Waals surface area contributed by atoms with E-state index in [4.69, 9.17) is 4.74 Å². The first kappa shape index (κ1) is 20.3. The molecule has 0 unspecified atom stereocenters. The van der Waals surface area contributed by atoms with E-state index in [1.807, 2.05) is 23.1 Å². The minimum Gasteiger partial charge on any atom is -0.379 e. The first-order chi connectivity index (χ1) is 14.6. The predicted octanol–water partition coefficient (Wildman–Crippen LogP) is 2.39. The Morgan fingerprint density at radius 2 is 1.67 bits per heavy atom. The molecule has 0 aliphatic carbocycles. The van der Waals surface area contributed by atoms with Gasteiger partial charge in [-0.1, -0.05) is 12.1 Å². The second-order valence-corrected chi connectivity index (χ2v) is 7.64. The van der Waals surface area contributed by atoms with E-state index in [9.17, 15) is 14.9 Å². The molecule has 0 saturated carbocycles. The normalized spacial score (nSPS) is 17.7. The van der Waals surface area contributed by atoms with Gasteiger partial charge in [0.2, 0.25) is 0 Å². The number of piperazine rings is 1. The van der Waals surface area contributed by atoms with Gasteiger partial charge in [0.05, 0.1) is 18.1 Å². The fraction of sp³-hybridized carbons (Fsp3) is 0.409. The lowest BCUT2D eigenvalue weighted by Crippen LogP contribution is -2.48. The average Bonchev–Trinajstić information content (AvgIpc) is 2.80. The van der Waals surface area contributed by atoms with Crippen LogP contribution in [0.3, 0.4) is 0 Å². The molecule has 30 heavy (non-hydrogen) atoms. The van der Waals surface area contributed by atoms with E-state index in [1.54, 1.807) is 12.1 Å². The number of carbonyl (C=O) groups is 1. The number of benzene rings is 2. The number of hydrogen-bond acceptors (Lipinski definition) is 6. The van der Waals surface area contributed by atoms with Gasteiger partial charge in [0.25, 0.3) is 11.6 Å². The fourth-order valence-corrected chi connectivity index (χ4v) is 3.96. The molecule has 8 nitrogen and oxygen atoms in total. The van der Waals surface area contributed by atoms with Crippen molar-refractivity contribution in [3.05, 3.63) is 69.8 Å². The highest BCUT2D eigenvalue weighted by atomic mass is 16.6. The molecule has 0 spiro atoms. The summed E-state index contributed by atoms with van der Waals surface area (Å²) in [4.78, 5) is 29.8. The fourth-order valence-electron chi connectivity index (χ4n) is 3.96. The van der Waals surface area contributed by atoms with Crippen LogP contribution in [0.25, 0.3) is 0 Å². The number of ether oxygens (including phenoxy) is 1. The molecule has 0 radical (unpaired) electrons. The maximum atomic E-state index is 13.0. The molecule has 0 N–H and O–H groups in total. The molecule has 2 aromatic rings. The van der Waals surface area contributed by atoms with E-state index in [0.29, 0.717) is 26.2 Å². The van der Waals surface area contributed by atoms with Gasteiger partial charge in [-0.25, -0.2) is 0 Å². The van der Waals surface area contributed by atoms with Gasteiger partial charge in [0.1, 0.15) is 0 Å². The summed E-state index contributed by atoms with van der Waals surface area (Å²) in [6.45, 7) is 6.86. The van der Waals surface area contributed by atoms with Gasteiger partial charge < -0.3 is 14.5 Å². The quantitative estimate of drug-likeness (QED) is 0.556. The summed E-state index contributed by atoms with van der Waals surface area (Å²) >= 11 is 0. The van der Waals surface area contributed by atoms with Crippen molar-refractivity contribution >= 4 is 17.3 Å². The van der Waals surface area contributed by atoms with E-state index in [1.165, 1.54) is 12.1 Å². The molecular weight excluding hydrogens is 384 g/mol. The van der Waals surface area contributed by atoms with Crippen LogP contribution in [-0.2, 0) is 11.3 Å². The van der Waals surface area contributed by atoms with Crippen LogP contribution < -0.4 is 4.90 Å². The maximum absolute atomic E-state index is 13.0. The number of carbonyl (C=O) groups excluding carboxylic acids is 1. The number of amides is 1. The van der Waals surface area contributed by atoms with Gasteiger partial charge in [-0.15, -0.1) is 0 Å². The maximum Gasteiger partial charge on any atom is 0.269 e. The SMILES string of the molecule is O=C(c1cccc(CN2CCOCC2)c1)N1CCN(c2ccc([N+](=O)[O-])cc2)CC1. The minimum absolute atomic E-state index is 0.0576. The molecule has 2 aliphatic heterocycles. The third-order valence-corrected chi connectivity index (χ3v) is 5.68. The largest absolute Gasteiger partial charge is 0.379 e. The van der Waals surface area contributed by atoms with Gasteiger partial charge in [-0.2, -0.15) is 0 Å². The number of rotatable bonds is 5. The Morgan fingerprint density at radius 3 is 2.33 bits per heavy atom. The summed E-state index contributed by atoms with van der Waals surface area (Å²) in [6, 6.07) is 14.5. The van der Waals surface area contributed by atoms with Crippen LogP contribution in [0.5, 0.6) is 0 Å². The highest BCUT2D eigenvalue weighted by Crippen LogP contribution is 2.21. The molecule has 2 aliphatic rings. The van der Waals surface area contributed by atoms with Crippen LogP contribution in [0, 0.1) is 10.1 Å². The van der Waals surface area contributed by atoms with Crippen LogP contribution >= 0.6 is 0 Å². The van der Waals surface area contributed by atoms with Crippen molar-refractivity contribution in [2.24, 2.45) is 0 Å². The number of nitro groups is 1. The molecule has 2 heterocycles. The minimum atomic E-state index is -0.395. The zero-order chi connectivity index (χ0) is 20.9. The first-order valence-electron chi connectivity index (χ1n) is 10.3. The van der Waals surface area contributed by atoms with Crippen molar-refractivity contribution in [2.45, 2.75) is 6.54 Å². The molecular formula is C22H26N4O4. The van der Waals surface area contributed by atoms with Crippen LogP contribution in [0.15, 0.2) is 48.5 Å². The van der Waals surface area contributed by atoms with E-state index in [-0.39, 0.29) is 11.6 Å². The van der Waals surface area contributed by atoms with Crippen LogP contribution in [0.2, 0.25) is 0 Å². The van der Waals surface area contributed by atoms with E-state index >= 15 is 0 Å². The van der Waals surface area contributed by atoms with Gasteiger partial charge in [-0.05, 0) is 29.8 Å². The summed E-state index contributed by atoms with van der Waals surface area (Å²) in [7, 11) is 0. The molecule has 2 saturated heterocycles. The van der Waals surface area contributed by atoms with Crippen molar-refractivity contribution in [3.63, 3.8) is 0 Å². The number of non-ortho nitro benzene ring substituents is 1. The van der Waals surface area contributed by atoms with E-state index in [2.05, 4.69) is 15.9 Å². The lowest BCUT2D eigenvalue weighted by molar-refractivity contribution is -0.384. The number of morpholine rings is 1. The lowest BCUT2D eigenvalue weighted by atomic mass is 10.1. The third-order valence-electron chi connectivity index (χ3n) is 5.68. The van der Waals surface area contributed by atoms with Crippen molar-refractivity contribution in [2.75, 3.05) is 57.4 Å². The Labute approximate surface area is 175 Å². The molecule has 0 bridgehead atoms. The number of nitro benzene ring substituents is 1. The Bertz CT molecular complexity index is 888. The second-order valence-electron chi connectivity index (χ2n) is 7.64. The first-order valence-corrected chi connectivity index (χ1v) is 10.3. The molecule has 2 fully saturated rings. The van der Waals surface area contributed by atoms with Gasteiger partial charge in [0, 0.05) is 69.2 Å². The standard InChI is InChI=1S/C22H26N4O4/c27-22(19-3-1-2-18(16-19)17-23-12-14-30-15-13-23)25-10-8-24(9-11-25)20-4-6-21(7-5-20)26(28)29/h1-7,16H,8-15,17H2. The van der Waals surface area contributed by atoms with Gasteiger partial charge in [0.15, 0.2) is 0 Å². The summed E-state index contributed by atoms with van der Waals surface area (Å²) < 4.78 is 5.40. The molecule has 158 valence electrons. The van der Waals surface area contributed by atoms with Crippen LogP contribution in [-0.4, -0.2) is 73.1 Å². The van der Waals surface area contributed by atoms with E-state index in [0.717, 1.165) is 49.7 Å². The lowest BCUT2D eigenvalue weighted by Gasteiger charge is -2.36. The van der Waals surface area contributed by atoms with Crippen molar-refractivity contribution < 1.29 is 14.5 Å². The predicted molar refractivity (Wildman–Crippen MR) is 114 cm³/mol. The Morgan fingerprint density at radius 1 is 0.967 bits per heavy atom. The van der Waals surface area contributed by atoms with Crippen molar-refractivity contribution in [1.29, 1.82) is 0 Å². The number of anilines is 1. The summed E-state index contributed by atoms with van der Waals surface area (Å²) in [6.07, 6.45) is 0. The van der Waals surface area contributed by atoms with Gasteiger partial charge in [-0.3, -0.25) is 19.8 Å². The Kier molecular flexibility index (Phi) is 6.25. The third kappa shape index (κ3) is 4.77. The summed E-state index contributed by atoms with van der Waals surface area (Å²) in [5, 5.41) is 10.8. The van der Waals surface area contributed by atoms with Crippen molar-refractivity contribution in [1.82, 2.24) is 9.80 Å². The molecule has 2 aromatic carbocycles. The van der Waals surface area contributed by atoms with Crippen LogP contribution in [0.1, 0.15) is 15.9 Å². The summed E-state index contributed by atoms with van der Waals surface area (Å²) in [5.41, 5.74) is 2.90. The van der Waals surface area contributed by atoms with Crippen LogP contribution in [0.4, 0.5) is 11.4 Å². The number of nitrogens with zero attached hydrogens (tertiary/aromatic N) is 4. The smallest absolute Gasteiger partial charge is 0.269 e. The Balaban J connectivity index is 1.34. The average molecular weight is 410 g/mol. The number of hydrogen-bond donors (Lipinski definition) is 0. The summed E-state index contributed by atoms with van der Waals surface area (Å²) in [5.74, 6) is 0.0576. The molecule has 8 heteroatoms. The highest BCUT2D eigenvalue weighted by Gasteiger charge is 2.23. The van der Waals surface area contributed by atoms with Gasteiger partial charge >= 0.3 is 0 Å². The van der Waals surface area contributed by atoms with Crippen molar-refractivity contribution in [3.8, 4) is 0 Å². The zero-order valence-corrected chi connectivity index (χ0v) is 16.9. The molecule has 0 atom stereocenters. The molecule has 0 aromatic heterocycles. The Hall–Kier alpha value is -2.97. The molecule has 1 amide bonds. The second kappa shape index (κ2) is 9.23.